The first-order chi connectivity index (χ1) is 8.62. The van der Waals surface area contributed by atoms with Crippen LogP contribution in [0.2, 0.25) is 0 Å². The lowest BCUT2D eigenvalue weighted by Crippen LogP contribution is -2.40. The summed E-state index contributed by atoms with van der Waals surface area (Å²) in [7, 11) is 0. The van der Waals surface area contributed by atoms with E-state index in [-0.39, 0.29) is 5.92 Å². The Bertz CT molecular complexity index is 523. The van der Waals surface area contributed by atoms with Crippen molar-refractivity contribution in [2.45, 2.75) is 26.1 Å². The third kappa shape index (κ3) is 3.82. The molecule has 0 spiro atoms. The highest BCUT2D eigenvalue weighted by atomic mass is 19.4. The Balaban J connectivity index is 3.02. The average molecular weight is 277 g/mol. The van der Waals surface area contributed by atoms with Crippen LogP contribution in [0.3, 0.4) is 0 Å². The molecular weight excluding hydrogens is 263 g/mol. The van der Waals surface area contributed by atoms with Gasteiger partial charge in [0.1, 0.15) is 5.69 Å². The number of carbonyl (C=O) groups is 1. The summed E-state index contributed by atoms with van der Waals surface area (Å²) in [5.74, 6) is -0.912. The number of nitrogens with two attached hydrogens (primary N) is 1. The van der Waals surface area contributed by atoms with Gasteiger partial charge in [-0.25, -0.2) is 0 Å². The predicted octanol–water partition coefficient (Wildman–Crippen LogP) is 1.32. The number of aromatic amines is 1. The summed E-state index contributed by atoms with van der Waals surface area (Å²) in [6, 6.07) is -0.335. The molecule has 0 radical (unpaired) electrons. The maximum Gasteiger partial charge on any atom is 0.417 e. The summed E-state index contributed by atoms with van der Waals surface area (Å²) in [6.45, 7) is 3.36. The van der Waals surface area contributed by atoms with E-state index in [1.807, 2.05) is 4.98 Å². The average Bonchev–Trinajstić information content (AvgIpc) is 2.29. The molecule has 4 N–H and O–H groups in total. The van der Waals surface area contributed by atoms with Gasteiger partial charge >= 0.3 is 6.18 Å². The largest absolute Gasteiger partial charge is 0.417 e. The molecule has 0 saturated heterocycles. The number of nitrogens with one attached hydrogen (secondary N) is 2. The second-order valence-electron chi connectivity index (χ2n) is 4.39. The Morgan fingerprint density at radius 2 is 2.00 bits per heavy atom. The zero-order valence-corrected chi connectivity index (χ0v) is 10.3. The van der Waals surface area contributed by atoms with Crippen LogP contribution in [0.1, 0.15) is 19.4 Å². The minimum atomic E-state index is -4.61. The fourth-order valence-electron chi connectivity index (χ4n) is 1.26. The van der Waals surface area contributed by atoms with Crippen molar-refractivity contribution in [2.75, 3.05) is 5.32 Å². The summed E-state index contributed by atoms with van der Waals surface area (Å²) in [5.41, 5.74) is 3.18. The Labute approximate surface area is 107 Å². The van der Waals surface area contributed by atoms with E-state index in [1.54, 1.807) is 13.8 Å². The van der Waals surface area contributed by atoms with E-state index in [1.165, 1.54) is 0 Å². The van der Waals surface area contributed by atoms with Crippen molar-refractivity contribution in [3.05, 3.63) is 28.2 Å². The molecule has 0 aliphatic heterocycles. The summed E-state index contributed by atoms with van der Waals surface area (Å²) in [5, 5.41) is 2.10. The van der Waals surface area contributed by atoms with Crippen LogP contribution in [-0.4, -0.2) is 16.9 Å². The second-order valence-corrected chi connectivity index (χ2v) is 4.39. The number of pyridine rings is 1. The minimum Gasteiger partial charge on any atom is -0.327 e. The van der Waals surface area contributed by atoms with Crippen molar-refractivity contribution >= 4 is 11.6 Å². The molecule has 0 unspecified atom stereocenters. The van der Waals surface area contributed by atoms with Gasteiger partial charge in [-0.15, -0.1) is 0 Å². The molecule has 1 rings (SSSR count). The van der Waals surface area contributed by atoms with Gasteiger partial charge in [-0.1, -0.05) is 13.8 Å². The van der Waals surface area contributed by atoms with Gasteiger partial charge in [-0.3, -0.25) is 9.59 Å². The number of carbonyl (C=O) groups excluding carboxylic acids is 1. The van der Waals surface area contributed by atoms with Crippen LogP contribution in [-0.2, 0) is 11.0 Å². The van der Waals surface area contributed by atoms with Crippen molar-refractivity contribution in [1.29, 1.82) is 0 Å². The van der Waals surface area contributed by atoms with Crippen LogP contribution in [0.5, 0.6) is 0 Å². The lowest BCUT2D eigenvalue weighted by atomic mass is 10.0. The number of hydrogen-bond acceptors (Lipinski definition) is 3. The van der Waals surface area contributed by atoms with Crippen molar-refractivity contribution in [3.8, 4) is 0 Å². The number of halogens is 3. The molecule has 1 aromatic rings. The topological polar surface area (TPSA) is 88.0 Å². The summed E-state index contributed by atoms with van der Waals surface area (Å²) in [6.07, 6.45) is -4.07. The molecule has 8 heteroatoms. The lowest BCUT2D eigenvalue weighted by Gasteiger charge is -2.15. The van der Waals surface area contributed by atoms with Gasteiger partial charge in [-0.05, 0) is 12.0 Å². The lowest BCUT2D eigenvalue weighted by molar-refractivity contribution is -0.137. The van der Waals surface area contributed by atoms with Crippen LogP contribution >= 0.6 is 0 Å². The number of rotatable bonds is 3. The Kier molecular flexibility index (Phi) is 4.35. The molecule has 5 nitrogen and oxygen atoms in total. The molecule has 0 saturated carbocycles. The third-order valence-corrected chi connectivity index (χ3v) is 2.51. The van der Waals surface area contributed by atoms with E-state index in [0.717, 1.165) is 0 Å². The molecule has 1 amide bonds. The Morgan fingerprint density at radius 1 is 1.42 bits per heavy atom. The monoisotopic (exact) mass is 277 g/mol. The molecule has 0 aliphatic rings. The smallest absolute Gasteiger partial charge is 0.327 e. The fourth-order valence-corrected chi connectivity index (χ4v) is 1.26. The van der Waals surface area contributed by atoms with Crippen LogP contribution in [0.25, 0.3) is 0 Å². The number of aromatic nitrogens is 1. The van der Waals surface area contributed by atoms with Crippen molar-refractivity contribution in [3.63, 3.8) is 0 Å². The second kappa shape index (κ2) is 5.43. The number of alkyl halides is 3. The minimum absolute atomic E-state index is 0.204. The first-order valence-corrected chi connectivity index (χ1v) is 5.49. The predicted molar refractivity (Wildman–Crippen MR) is 63.5 cm³/mol. The maximum atomic E-state index is 12.5. The van der Waals surface area contributed by atoms with Crippen LogP contribution in [0.4, 0.5) is 18.9 Å². The van der Waals surface area contributed by atoms with E-state index in [4.69, 9.17) is 5.73 Å². The summed E-state index contributed by atoms with van der Waals surface area (Å²) >= 11 is 0. The number of anilines is 1. The number of H-pyrrole nitrogens is 1. The highest BCUT2D eigenvalue weighted by molar-refractivity contribution is 5.94. The molecule has 1 heterocycles. The van der Waals surface area contributed by atoms with E-state index in [9.17, 15) is 22.8 Å². The normalized spacial score (nSPS) is 13.4. The van der Waals surface area contributed by atoms with Gasteiger partial charge in [0.25, 0.3) is 5.56 Å². The molecule has 106 valence electrons. The SMILES string of the molecule is CC(C)[C@H](N)C(=O)Nc1cc(C(F)(F)F)c[nH]c1=O. The molecule has 1 aromatic heterocycles. The highest BCUT2D eigenvalue weighted by Gasteiger charge is 2.31. The molecule has 19 heavy (non-hydrogen) atoms. The molecule has 0 aliphatic carbocycles. The Morgan fingerprint density at radius 3 is 2.47 bits per heavy atom. The number of hydrogen-bond donors (Lipinski definition) is 3. The van der Waals surface area contributed by atoms with Gasteiger partial charge in [0, 0.05) is 6.20 Å². The van der Waals surface area contributed by atoms with Gasteiger partial charge in [0.05, 0.1) is 11.6 Å². The standard InChI is InChI=1S/C11H14F3N3O2/c1-5(2)8(15)10(19)17-7-3-6(11(12,13)14)4-16-9(7)18/h3-5,8H,15H2,1-2H3,(H,16,18)(H,17,19)/t8-/m0/s1. The van der Waals surface area contributed by atoms with Crippen molar-refractivity contribution in [1.82, 2.24) is 4.98 Å². The van der Waals surface area contributed by atoms with E-state index >= 15 is 0 Å². The van der Waals surface area contributed by atoms with Crippen molar-refractivity contribution < 1.29 is 18.0 Å². The van der Waals surface area contributed by atoms with Crippen LogP contribution in [0, 0.1) is 5.92 Å². The Hall–Kier alpha value is -1.83. The molecule has 1 atom stereocenters. The van der Waals surface area contributed by atoms with Crippen molar-refractivity contribution in [2.24, 2.45) is 11.7 Å². The molecule has 0 fully saturated rings. The van der Waals surface area contributed by atoms with Crippen LogP contribution in [0.15, 0.2) is 17.1 Å². The summed E-state index contributed by atoms with van der Waals surface area (Å²) in [4.78, 5) is 24.9. The van der Waals surface area contributed by atoms with Gasteiger partial charge < -0.3 is 16.0 Å². The van der Waals surface area contributed by atoms with E-state index in [2.05, 4.69) is 5.32 Å². The first kappa shape index (κ1) is 15.2. The first-order valence-electron chi connectivity index (χ1n) is 5.49. The number of amides is 1. The zero-order chi connectivity index (χ0) is 14.8. The maximum absolute atomic E-state index is 12.5. The highest BCUT2D eigenvalue weighted by Crippen LogP contribution is 2.29. The van der Waals surface area contributed by atoms with E-state index < -0.39 is 34.9 Å². The molecule has 0 bridgehead atoms. The molecule has 0 aromatic carbocycles. The van der Waals surface area contributed by atoms with Gasteiger partial charge in [0.2, 0.25) is 5.91 Å². The zero-order valence-electron chi connectivity index (χ0n) is 10.3. The molecular formula is C11H14F3N3O2. The van der Waals surface area contributed by atoms with Gasteiger partial charge in [-0.2, -0.15) is 13.2 Å². The summed E-state index contributed by atoms with van der Waals surface area (Å²) < 4.78 is 37.4. The fraction of sp³-hybridized carbons (Fsp3) is 0.455. The third-order valence-electron chi connectivity index (χ3n) is 2.51. The van der Waals surface area contributed by atoms with Crippen LogP contribution < -0.4 is 16.6 Å². The quantitative estimate of drug-likeness (QED) is 0.778. The van der Waals surface area contributed by atoms with Gasteiger partial charge in [0.15, 0.2) is 0 Å². The van der Waals surface area contributed by atoms with E-state index in [0.29, 0.717) is 12.3 Å².